The van der Waals surface area contributed by atoms with Crippen molar-refractivity contribution in [3.8, 4) is 11.4 Å². The van der Waals surface area contributed by atoms with Gasteiger partial charge in [0, 0.05) is 10.9 Å². The van der Waals surface area contributed by atoms with Crippen molar-refractivity contribution >= 4 is 47.0 Å². The number of aromatic nitrogens is 2. The summed E-state index contributed by atoms with van der Waals surface area (Å²) in [7, 11) is 1.99. The number of nitrogens with zero attached hydrogens (tertiary/aromatic N) is 1. The molecule has 0 radical (unpaired) electrons. The Kier molecular flexibility index (Phi) is 2.84. The monoisotopic (exact) mass is 308 g/mol. The molecule has 4 aromatic rings. The van der Waals surface area contributed by atoms with E-state index in [1.54, 1.807) is 6.07 Å². The molecule has 0 aliphatic carbocycles. The SMILES string of the molecule is Bc1ccc2oc3c(=O)[nH]c(-c4ccccc4Cl)nc3c2c1. The lowest BCUT2D eigenvalue weighted by Gasteiger charge is -2.02. The molecule has 0 spiro atoms. The Balaban J connectivity index is 2.11. The van der Waals surface area contributed by atoms with Gasteiger partial charge in [0.15, 0.2) is 0 Å². The Morgan fingerprint density at radius 3 is 2.82 bits per heavy atom. The predicted octanol–water partition coefficient (Wildman–Crippen LogP) is 2.25. The van der Waals surface area contributed by atoms with Gasteiger partial charge in [0.1, 0.15) is 24.8 Å². The van der Waals surface area contributed by atoms with E-state index in [2.05, 4.69) is 9.97 Å². The molecule has 4 rings (SSSR count). The third-order valence-electron chi connectivity index (χ3n) is 3.61. The topological polar surface area (TPSA) is 58.9 Å². The lowest BCUT2D eigenvalue weighted by atomic mass is 9.95. The summed E-state index contributed by atoms with van der Waals surface area (Å²) in [5.74, 6) is 0.437. The van der Waals surface area contributed by atoms with Crippen molar-refractivity contribution in [2.45, 2.75) is 0 Å². The summed E-state index contributed by atoms with van der Waals surface area (Å²) >= 11 is 6.19. The first kappa shape index (κ1) is 13.2. The molecule has 0 unspecified atom stereocenters. The largest absolute Gasteiger partial charge is 0.449 e. The van der Waals surface area contributed by atoms with Gasteiger partial charge in [-0.2, -0.15) is 0 Å². The highest BCUT2D eigenvalue weighted by Gasteiger charge is 2.15. The van der Waals surface area contributed by atoms with Crippen LogP contribution in [0.25, 0.3) is 33.5 Å². The summed E-state index contributed by atoms with van der Waals surface area (Å²) in [4.78, 5) is 19.6. The van der Waals surface area contributed by atoms with Crippen LogP contribution in [-0.2, 0) is 0 Å². The maximum absolute atomic E-state index is 12.3. The van der Waals surface area contributed by atoms with E-state index in [-0.39, 0.29) is 11.1 Å². The van der Waals surface area contributed by atoms with Crippen molar-refractivity contribution in [2.75, 3.05) is 0 Å². The van der Waals surface area contributed by atoms with Gasteiger partial charge in [-0.25, -0.2) is 4.98 Å². The highest BCUT2D eigenvalue weighted by atomic mass is 35.5. The summed E-state index contributed by atoms with van der Waals surface area (Å²) in [5, 5.41) is 1.36. The van der Waals surface area contributed by atoms with Gasteiger partial charge in [-0.05, 0) is 18.2 Å². The first-order chi connectivity index (χ1) is 10.6. The maximum atomic E-state index is 12.3. The summed E-state index contributed by atoms with van der Waals surface area (Å²) in [5.41, 5.74) is 2.89. The van der Waals surface area contributed by atoms with Gasteiger partial charge in [0.2, 0.25) is 5.58 Å². The Hall–Kier alpha value is -2.53. The number of nitrogens with one attached hydrogen (secondary N) is 1. The number of aromatic amines is 1. The zero-order chi connectivity index (χ0) is 15.3. The number of furan rings is 1. The second-order valence-electron chi connectivity index (χ2n) is 5.17. The number of rotatable bonds is 1. The molecule has 0 aliphatic heterocycles. The molecule has 0 atom stereocenters. The van der Waals surface area contributed by atoms with Gasteiger partial charge in [-0.3, -0.25) is 4.79 Å². The second kappa shape index (κ2) is 4.75. The number of fused-ring (bicyclic) bond motifs is 3. The van der Waals surface area contributed by atoms with Gasteiger partial charge in [0.25, 0.3) is 5.56 Å². The first-order valence-corrected chi connectivity index (χ1v) is 7.19. The molecule has 2 aromatic carbocycles. The van der Waals surface area contributed by atoms with Crippen LogP contribution in [0.4, 0.5) is 0 Å². The molecular weight excluding hydrogens is 298 g/mol. The van der Waals surface area contributed by atoms with Crippen molar-refractivity contribution in [3.63, 3.8) is 0 Å². The van der Waals surface area contributed by atoms with E-state index in [0.29, 0.717) is 27.5 Å². The Morgan fingerprint density at radius 1 is 1.18 bits per heavy atom. The molecule has 0 amide bonds. The molecule has 0 saturated carbocycles. The zero-order valence-electron chi connectivity index (χ0n) is 11.7. The predicted molar refractivity (Wildman–Crippen MR) is 90.8 cm³/mol. The van der Waals surface area contributed by atoms with Crippen LogP contribution in [-0.4, -0.2) is 17.8 Å². The molecule has 2 aromatic heterocycles. The molecule has 106 valence electrons. The molecular formula is C16H10BClN2O2. The third-order valence-corrected chi connectivity index (χ3v) is 3.94. The lowest BCUT2D eigenvalue weighted by molar-refractivity contribution is 0.661. The fourth-order valence-electron chi connectivity index (χ4n) is 2.55. The van der Waals surface area contributed by atoms with Crippen LogP contribution in [0, 0.1) is 0 Å². The molecule has 4 nitrogen and oxygen atoms in total. The standard InChI is InChI=1S/C16H10BClN2O2/c17-8-5-6-12-10(7-8)13-14(22-12)16(21)20-15(19-13)9-3-1-2-4-11(9)18/h1-7H,17H2,(H,19,20,21). The summed E-state index contributed by atoms with van der Waals surface area (Å²) in [6, 6.07) is 13.0. The minimum absolute atomic E-state index is 0.233. The normalized spacial score (nSPS) is 11.3. The molecule has 22 heavy (non-hydrogen) atoms. The van der Waals surface area contributed by atoms with E-state index in [4.69, 9.17) is 16.0 Å². The van der Waals surface area contributed by atoms with Gasteiger partial charge in [-0.15, -0.1) is 0 Å². The highest BCUT2D eigenvalue weighted by molar-refractivity contribution is 6.34. The molecule has 2 heterocycles. The van der Waals surface area contributed by atoms with E-state index in [1.165, 1.54) is 0 Å². The smallest absolute Gasteiger partial charge is 0.294 e. The van der Waals surface area contributed by atoms with E-state index < -0.39 is 0 Å². The number of halogens is 1. The summed E-state index contributed by atoms with van der Waals surface area (Å²) in [6.07, 6.45) is 0. The minimum Gasteiger partial charge on any atom is -0.449 e. The van der Waals surface area contributed by atoms with Gasteiger partial charge < -0.3 is 9.40 Å². The average Bonchev–Trinajstić information content (AvgIpc) is 2.86. The summed E-state index contributed by atoms with van der Waals surface area (Å²) < 4.78 is 5.62. The number of benzene rings is 2. The van der Waals surface area contributed by atoms with E-state index in [0.717, 1.165) is 10.8 Å². The third kappa shape index (κ3) is 1.94. The van der Waals surface area contributed by atoms with E-state index in [9.17, 15) is 4.79 Å². The van der Waals surface area contributed by atoms with Crippen molar-refractivity contribution in [1.29, 1.82) is 0 Å². The first-order valence-electron chi connectivity index (χ1n) is 6.81. The van der Waals surface area contributed by atoms with Crippen LogP contribution in [0.15, 0.2) is 51.7 Å². The van der Waals surface area contributed by atoms with Crippen molar-refractivity contribution in [3.05, 3.63) is 57.8 Å². The molecule has 6 heteroatoms. The molecule has 0 fully saturated rings. The fourth-order valence-corrected chi connectivity index (χ4v) is 2.77. The van der Waals surface area contributed by atoms with Crippen molar-refractivity contribution in [2.24, 2.45) is 0 Å². The van der Waals surface area contributed by atoms with Crippen LogP contribution >= 0.6 is 11.6 Å². The maximum Gasteiger partial charge on any atom is 0.294 e. The number of hydrogen-bond acceptors (Lipinski definition) is 3. The second-order valence-corrected chi connectivity index (χ2v) is 5.58. The highest BCUT2D eigenvalue weighted by Crippen LogP contribution is 2.28. The van der Waals surface area contributed by atoms with Gasteiger partial charge in [-0.1, -0.05) is 41.3 Å². The molecule has 0 bridgehead atoms. The molecule has 0 aliphatic rings. The average molecular weight is 309 g/mol. The van der Waals surface area contributed by atoms with Crippen molar-refractivity contribution < 1.29 is 4.42 Å². The Labute approximate surface area is 131 Å². The van der Waals surface area contributed by atoms with Crippen LogP contribution < -0.4 is 11.0 Å². The summed E-state index contributed by atoms with van der Waals surface area (Å²) in [6.45, 7) is 0. The zero-order valence-corrected chi connectivity index (χ0v) is 12.4. The molecule has 0 saturated heterocycles. The van der Waals surface area contributed by atoms with Crippen LogP contribution in [0.5, 0.6) is 0 Å². The fraction of sp³-hybridized carbons (Fsp3) is 0. The minimum atomic E-state index is -0.311. The van der Waals surface area contributed by atoms with Crippen LogP contribution in [0.1, 0.15) is 0 Å². The quantitative estimate of drug-likeness (QED) is 0.549. The van der Waals surface area contributed by atoms with Crippen LogP contribution in [0.3, 0.4) is 0 Å². The molecule has 1 N–H and O–H groups in total. The Bertz CT molecular complexity index is 1080. The van der Waals surface area contributed by atoms with Gasteiger partial charge in [0.05, 0.1) is 5.02 Å². The van der Waals surface area contributed by atoms with E-state index >= 15 is 0 Å². The Morgan fingerprint density at radius 2 is 2.00 bits per heavy atom. The number of H-pyrrole nitrogens is 1. The lowest BCUT2D eigenvalue weighted by Crippen LogP contribution is -2.08. The van der Waals surface area contributed by atoms with Gasteiger partial charge >= 0.3 is 0 Å². The van der Waals surface area contributed by atoms with Crippen molar-refractivity contribution in [1.82, 2.24) is 9.97 Å². The number of hydrogen-bond donors (Lipinski definition) is 1. The van der Waals surface area contributed by atoms with Crippen LogP contribution in [0.2, 0.25) is 5.02 Å². The van der Waals surface area contributed by atoms with E-state index in [1.807, 2.05) is 44.2 Å².